The number of halogens is 4. The third-order valence-corrected chi connectivity index (χ3v) is 4.99. The zero-order valence-electron chi connectivity index (χ0n) is 15.5. The number of fused-ring (bicyclic) bond motifs is 1. The molecule has 2 heterocycles. The number of rotatable bonds is 3. The van der Waals surface area contributed by atoms with Crippen molar-refractivity contribution in [2.45, 2.75) is 6.18 Å². The van der Waals surface area contributed by atoms with Crippen LogP contribution in [0.3, 0.4) is 0 Å². The molecule has 0 radical (unpaired) electrons. The van der Waals surface area contributed by atoms with Gasteiger partial charge >= 0.3 is 12.2 Å². The largest absolute Gasteiger partial charge is 0.417 e. The third-order valence-electron chi connectivity index (χ3n) is 4.29. The molecule has 0 saturated carbocycles. The van der Waals surface area contributed by atoms with Crippen LogP contribution in [0.15, 0.2) is 59.6 Å². The van der Waals surface area contributed by atoms with Gasteiger partial charge in [-0.25, -0.2) is 19.7 Å². The van der Waals surface area contributed by atoms with Crippen LogP contribution in [0.25, 0.3) is 16.9 Å². The van der Waals surface area contributed by atoms with Crippen LogP contribution in [-0.4, -0.2) is 25.6 Å². The number of carbonyl (C=O) groups is 1. The number of carbonyl (C=O) groups excluding carboxylic acids is 1. The number of hydrogen-bond donors (Lipinski definition) is 3. The lowest BCUT2D eigenvalue weighted by Crippen LogP contribution is -2.20. The highest BCUT2D eigenvalue weighted by Crippen LogP contribution is 2.36. The second kappa shape index (κ2) is 7.87. The molecular formula is C19H13BrF3N7O. The maximum Gasteiger partial charge on any atom is 0.417 e. The topological polar surface area (TPSA) is 111 Å². The fourth-order valence-corrected chi connectivity index (χ4v) is 3.33. The summed E-state index contributed by atoms with van der Waals surface area (Å²) in [6, 6.07) is 9.45. The minimum Gasteiger partial charge on any atom is -0.382 e. The number of anilines is 3. The minimum absolute atomic E-state index is 0.00630. The highest BCUT2D eigenvalue weighted by Gasteiger charge is 2.33. The maximum absolute atomic E-state index is 13.0. The first-order chi connectivity index (χ1) is 14.7. The summed E-state index contributed by atoms with van der Waals surface area (Å²) >= 11 is 2.86. The maximum atomic E-state index is 13.0. The molecule has 158 valence electrons. The summed E-state index contributed by atoms with van der Waals surface area (Å²) in [5, 5.41) is 4.95. The fourth-order valence-electron chi connectivity index (χ4n) is 2.86. The van der Waals surface area contributed by atoms with E-state index in [1.54, 1.807) is 35.2 Å². The van der Waals surface area contributed by atoms with Gasteiger partial charge in [-0.3, -0.25) is 4.57 Å². The monoisotopic (exact) mass is 491 g/mol. The van der Waals surface area contributed by atoms with Crippen LogP contribution in [0.1, 0.15) is 5.56 Å². The van der Waals surface area contributed by atoms with Gasteiger partial charge in [0.2, 0.25) is 0 Å². The number of nitrogen functional groups attached to an aromatic ring is 1. The third kappa shape index (κ3) is 4.28. The molecule has 0 spiro atoms. The molecule has 0 bridgehead atoms. The molecule has 4 rings (SSSR count). The Balaban J connectivity index is 1.48. The molecular weight excluding hydrogens is 479 g/mol. The fraction of sp³-hybridized carbons (Fsp3) is 0.0526. The number of hydrogen-bond acceptors (Lipinski definition) is 5. The number of nitrogens with one attached hydrogen (secondary N) is 2. The first-order valence-corrected chi connectivity index (χ1v) is 9.50. The molecule has 0 unspecified atom stereocenters. The second-order valence-electron chi connectivity index (χ2n) is 6.36. The van der Waals surface area contributed by atoms with Crippen molar-refractivity contribution in [3.8, 4) is 5.69 Å². The van der Waals surface area contributed by atoms with Crippen LogP contribution in [0.5, 0.6) is 0 Å². The van der Waals surface area contributed by atoms with Gasteiger partial charge in [-0.2, -0.15) is 13.2 Å². The van der Waals surface area contributed by atoms with Gasteiger partial charge in [0.15, 0.2) is 17.0 Å². The highest BCUT2D eigenvalue weighted by molar-refractivity contribution is 9.10. The van der Waals surface area contributed by atoms with Gasteiger partial charge in [0.05, 0.1) is 5.56 Å². The van der Waals surface area contributed by atoms with Gasteiger partial charge in [-0.15, -0.1) is 0 Å². The summed E-state index contributed by atoms with van der Waals surface area (Å²) in [5.41, 5.74) is 7.06. The van der Waals surface area contributed by atoms with Crippen LogP contribution in [-0.2, 0) is 6.18 Å². The molecule has 0 aliphatic rings. The summed E-state index contributed by atoms with van der Waals surface area (Å²) in [4.78, 5) is 24.4. The lowest BCUT2D eigenvalue weighted by Gasteiger charge is -2.13. The molecule has 4 N–H and O–H groups in total. The molecule has 0 aliphatic carbocycles. The van der Waals surface area contributed by atoms with E-state index in [1.165, 1.54) is 18.5 Å². The van der Waals surface area contributed by atoms with Crippen LogP contribution in [0.4, 0.5) is 35.2 Å². The number of nitrogens with zero attached hydrogens (tertiary/aromatic N) is 4. The zero-order valence-corrected chi connectivity index (χ0v) is 17.1. The second-order valence-corrected chi connectivity index (χ2v) is 7.22. The molecule has 0 fully saturated rings. The number of benzene rings is 2. The summed E-state index contributed by atoms with van der Waals surface area (Å²) in [6.07, 6.45) is -1.66. The molecule has 2 amide bonds. The van der Waals surface area contributed by atoms with Crippen molar-refractivity contribution in [1.29, 1.82) is 0 Å². The Bertz CT molecular complexity index is 1270. The number of alkyl halides is 3. The van der Waals surface area contributed by atoms with E-state index in [2.05, 4.69) is 41.5 Å². The van der Waals surface area contributed by atoms with Gasteiger partial charge in [0.25, 0.3) is 0 Å². The first kappa shape index (κ1) is 20.6. The van der Waals surface area contributed by atoms with E-state index >= 15 is 0 Å². The van der Waals surface area contributed by atoms with Crippen molar-refractivity contribution in [3.05, 3.63) is 65.2 Å². The van der Waals surface area contributed by atoms with Crippen LogP contribution >= 0.6 is 15.9 Å². The van der Waals surface area contributed by atoms with E-state index in [1.807, 2.05) is 0 Å². The number of aromatic nitrogens is 4. The van der Waals surface area contributed by atoms with Gasteiger partial charge in [-0.1, -0.05) is 15.9 Å². The molecule has 2 aromatic carbocycles. The number of amides is 2. The van der Waals surface area contributed by atoms with E-state index in [-0.39, 0.29) is 16.0 Å². The Morgan fingerprint density at radius 3 is 2.39 bits per heavy atom. The molecule has 0 atom stereocenters. The van der Waals surface area contributed by atoms with Gasteiger partial charge in [0, 0.05) is 21.5 Å². The van der Waals surface area contributed by atoms with Crippen molar-refractivity contribution in [2.24, 2.45) is 0 Å². The predicted molar refractivity (Wildman–Crippen MR) is 113 cm³/mol. The van der Waals surface area contributed by atoms with Crippen molar-refractivity contribution in [2.75, 3.05) is 16.4 Å². The predicted octanol–water partition coefficient (Wildman–Crippen LogP) is 4.82. The van der Waals surface area contributed by atoms with Crippen molar-refractivity contribution >= 4 is 50.3 Å². The van der Waals surface area contributed by atoms with Crippen molar-refractivity contribution in [1.82, 2.24) is 19.5 Å². The van der Waals surface area contributed by atoms with Crippen LogP contribution in [0, 0.1) is 0 Å². The van der Waals surface area contributed by atoms with E-state index in [0.29, 0.717) is 22.5 Å². The van der Waals surface area contributed by atoms with Crippen LogP contribution < -0.4 is 16.4 Å². The Morgan fingerprint density at radius 2 is 1.68 bits per heavy atom. The Kier molecular flexibility index (Phi) is 5.23. The standard InChI is InChI=1S/C19H13BrF3N7O/c20-14-6-3-11(7-13(14)19(21,22)23)29-18(31)28-10-1-4-12(5-2-10)30-9-27-15-16(24)25-8-26-17(15)30/h1-9H,(H2,24,25,26)(H2,28,29,31). The number of urea groups is 1. The minimum atomic E-state index is -4.55. The van der Waals surface area contributed by atoms with Gasteiger partial charge in [-0.05, 0) is 42.5 Å². The SMILES string of the molecule is Nc1ncnc2c1ncn2-c1ccc(NC(=O)Nc2ccc(Br)c(C(F)(F)F)c2)cc1. The molecule has 12 heteroatoms. The molecule has 2 aromatic heterocycles. The Morgan fingerprint density at radius 1 is 1.00 bits per heavy atom. The van der Waals surface area contributed by atoms with E-state index in [9.17, 15) is 18.0 Å². The average Bonchev–Trinajstić information content (AvgIpc) is 3.15. The summed E-state index contributed by atoms with van der Waals surface area (Å²) in [5.74, 6) is 0.264. The summed E-state index contributed by atoms with van der Waals surface area (Å²) < 4.78 is 40.6. The van der Waals surface area contributed by atoms with Gasteiger partial charge in [0.1, 0.15) is 12.7 Å². The smallest absolute Gasteiger partial charge is 0.382 e. The van der Waals surface area contributed by atoms with E-state index < -0.39 is 17.8 Å². The zero-order chi connectivity index (χ0) is 22.2. The Labute approximate surface area is 181 Å². The first-order valence-electron chi connectivity index (χ1n) is 8.71. The lowest BCUT2D eigenvalue weighted by molar-refractivity contribution is -0.138. The normalized spacial score (nSPS) is 11.5. The van der Waals surface area contributed by atoms with E-state index in [0.717, 1.165) is 6.07 Å². The molecule has 0 saturated heterocycles. The number of nitrogens with two attached hydrogens (primary N) is 1. The highest BCUT2D eigenvalue weighted by atomic mass is 79.9. The quantitative estimate of drug-likeness (QED) is 0.380. The summed E-state index contributed by atoms with van der Waals surface area (Å²) in [7, 11) is 0. The van der Waals surface area contributed by atoms with Crippen LogP contribution in [0.2, 0.25) is 0 Å². The summed E-state index contributed by atoms with van der Waals surface area (Å²) in [6.45, 7) is 0. The van der Waals surface area contributed by atoms with E-state index in [4.69, 9.17) is 5.73 Å². The number of imidazole rings is 1. The molecule has 4 aromatic rings. The lowest BCUT2D eigenvalue weighted by atomic mass is 10.2. The average molecular weight is 492 g/mol. The molecule has 8 nitrogen and oxygen atoms in total. The molecule has 31 heavy (non-hydrogen) atoms. The molecule has 0 aliphatic heterocycles. The Hall–Kier alpha value is -3.67. The van der Waals surface area contributed by atoms with Gasteiger partial charge < -0.3 is 16.4 Å². The van der Waals surface area contributed by atoms with Crippen molar-refractivity contribution in [3.63, 3.8) is 0 Å². The van der Waals surface area contributed by atoms with Crippen molar-refractivity contribution < 1.29 is 18.0 Å².